The maximum absolute atomic E-state index is 11.4. The molecule has 0 radical (unpaired) electrons. The van der Waals surface area contributed by atoms with Crippen LogP contribution in [0.3, 0.4) is 0 Å². The minimum atomic E-state index is -0.365. The van der Waals surface area contributed by atoms with Crippen LogP contribution in [0.1, 0.15) is 35.3 Å². The second-order valence-corrected chi connectivity index (χ2v) is 5.03. The van der Waals surface area contributed by atoms with E-state index in [0.717, 1.165) is 31.6 Å². The SMILES string of the molecule is COC(=O)c1ccc(NCC2CCC(O)C2)nc1C. The fourth-order valence-corrected chi connectivity index (χ4v) is 2.47. The van der Waals surface area contributed by atoms with E-state index in [4.69, 9.17) is 0 Å². The van der Waals surface area contributed by atoms with Crippen LogP contribution >= 0.6 is 0 Å². The number of ether oxygens (including phenoxy) is 1. The van der Waals surface area contributed by atoms with Gasteiger partial charge in [0.25, 0.3) is 0 Å². The molecule has 1 saturated carbocycles. The molecule has 5 nitrogen and oxygen atoms in total. The van der Waals surface area contributed by atoms with Crippen molar-refractivity contribution < 1.29 is 14.6 Å². The van der Waals surface area contributed by atoms with E-state index in [1.807, 2.05) is 0 Å². The van der Waals surface area contributed by atoms with Crippen molar-refractivity contribution in [2.45, 2.75) is 32.3 Å². The van der Waals surface area contributed by atoms with E-state index < -0.39 is 0 Å². The van der Waals surface area contributed by atoms with E-state index in [0.29, 0.717) is 17.2 Å². The van der Waals surface area contributed by atoms with Crippen LogP contribution in [0.25, 0.3) is 0 Å². The number of anilines is 1. The van der Waals surface area contributed by atoms with Crippen LogP contribution in [-0.4, -0.2) is 35.8 Å². The number of hydrogen-bond acceptors (Lipinski definition) is 5. The molecule has 2 atom stereocenters. The monoisotopic (exact) mass is 264 g/mol. The zero-order valence-electron chi connectivity index (χ0n) is 11.3. The van der Waals surface area contributed by atoms with Gasteiger partial charge in [-0.1, -0.05) is 0 Å². The molecule has 2 rings (SSSR count). The Bertz CT molecular complexity index is 462. The summed E-state index contributed by atoms with van der Waals surface area (Å²) in [5, 5.41) is 12.7. The molecule has 5 heteroatoms. The van der Waals surface area contributed by atoms with Gasteiger partial charge in [0.2, 0.25) is 0 Å². The number of aliphatic hydroxyl groups is 1. The van der Waals surface area contributed by atoms with Crippen molar-refractivity contribution >= 4 is 11.8 Å². The lowest BCUT2D eigenvalue weighted by atomic mass is 10.1. The summed E-state index contributed by atoms with van der Waals surface area (Å²) in [5.41, 5.74) is 1.15. The van der Waals surface area contributed by atoms with Crippen LogP contribution in [0, 0.1) is 12.8 Å². The molecule has 0 amide bonds. The molecule has 0 bridgehead atoms. The van der Waals surface area contributed by atoms with Crippen molar-refractivity contribution in [3.05, 3.63) is 23.4 Å². The number of carbonyl (C=O) groups is 1. The maximum atomic E-state index is 11.4. The summed E-state index contributed by atoms with van der Waals surface area (Å²) in [6, 6.07) is 3.50. The molecule has 1 heterocycles. The third kappa shape index (κ3) is 3.44. The number of hydrogen-bond donors (Lipinski definition) is 2. The number of pyridine rings is 1. The lowest BCUT2D eigenvalue weighted by molar-refractivity contribution is 0.0599. The first kappa shape index (κ1) is 13.8. The molecule has 1 aliphatic carbocycles. The molecule has 2 unspecified atom stereocenters. The third-order valence-corrected chi connectivity index (χ3v) is 3.58. The van der Waals surface area contributed by atoms with Crippen LogP contribution in [0.2, 0.25) is 0 Å². The second kappa shape index (κ2) is 6.02. The van der Waals surface area contributed by atoms with Crippen molar-refractivity contribution in [2.24, 2.45) is 5.92 Å². The van der Waals surface area contributed by atoms with Gasteiger partial charge in [-0.05, 0) is 44.2 Å². The number of nitrogens with one attached hydrogen (secondary N) is 1. The molecule has 1 fully saturated rings. The number of aliphatic hydroxyl groups excluding tert-OH is 1. The number of esters is 1. The van der Waals surface area contributed by atoms with Crippen molar-refractivity contribution in [1.82, 2.24) is 4.98 Å². The summed E-state index contributed by atoms with van der Waals surface area (Å²) < 4.78 is 4.68. The second-order valence-electron chi connectivity index (χ2n) is 5.03. The van der Waals surface area contributed by atoms with Gasteiger partial charge in [-0.3, -0.25) is 0 Å². The normalized spacial score (nSPS) is 22.3. The first-order chi connectivity index (χ1) is 9.10. The van der Waals surface area contributed by atoms with E-state index >= 15 is 0 Å². The predicted octanol–water partition coefficient (Wildman–Crippen LogP) is 1.75. The predicted molar refractivity (Wildman–Crippen MR) is 72.2 cm³/mol. The van der Waals surface area contributed by atoms with Crippen molar-refractivity contribution in [2.75, 3.05) is 19.0 Å². The zero-order valence-corrected chi connectivity index (χ0v) is 11.3. The molecular weight excluding hydrogens is 244 g/mol. The molecule has 1 aromatic rings. The molecular formula is C14H20N2O3. The number of carbonyl (C=O) groups excluding carboxylic acids is 1. The van der Waals surface area contributed by atoms with Crippen LogP contribution in [0.4, 0.5) is 5.82 Å². The molecule has 2 N–H and O–H groups in total. The molecule has 0 aromatic carbocycles. The Hall–Kier alpha value is -1.62. The Morgan fingerprint density at radius 2 is 2.32 bits per heavy atom. The summed E-state index contributed by atoms with van der Waals surface area (Å²) in [6.45, 7) is 2.60. The van der Waals surface area contributed by atoms with Gasteiger partial charge in [-0.2, -0.15) is 0 Å². The van der Waals surface area contributed by atoms with E-state index in [-0.39, 0.29) is 12.1 Å². The van der Waals surface area contributed by atoms with Crippen molar-refractivity contribution in [3.63, 3.8) is 0 Å². The van der Waals surface area contributed by atoms with Gasteiger partial charge in [0.1, 0.15) is 5.82 Å². The summed E-state index contributed by atoms with van der Waals surface area (Å²) in [5.74, 6) is 0.888. The largest absolute Gasteiger partial charge is 0.465 e. The van der Waals surface area contributed by atoms with Crippen LogP contribution in [0.5, 0.6) is 0 Å². The number of rotatable bonds is 4. The highest BCUT2D eigenvalue weighted by Crippen LogP contribution is 2.25. The average molecular weight is 264 g/mol. The number of aromatic nitrogens is 1. The Morgan fingerprint density at radius 3 is 2.89 bits per heavy atom. The summed E-state index contributed by atoms with van der Waals surface area (Å²) in [6.07, 6.45) is 2.64. The van der Waals surface area contributed by atoms with Gasteiger partial charge >= 0.3 is 5.97 Å². The fraction of sp³-hybridized carbons (Fsp3) is 0.571. The molecule has 0 spiro atoms. The number of aryl methyl sites for hydroxylation is 1. The van der Waals surface area contributed by atoms with Gasteiger partial charge in [-0.15, -0.1) is 0 Å². The first-order valence-corrected chi connectivity index (χ1v) is 6.58. The zero-order chi connectivity index (χ0) is 13.8. The molecule has 104 valence electrons. The Kier molecular flexibility index (Phi) is 4.37. The molecule has 1 aliphatic rings. The van der Waals surface area contributed by atoms with Gasteiger partial charge < -0.3 is 15.2 Å². The summed E-state index contributed by atoms with van der Waals surface area (Å²) >= 11 is 0. The Balaban J connectivity index is 1.94. The Morgan fingerprint density at radius 1 is 1.53 bits per heavy atom. The van der Waals surface area contributed by atoms with Gasteiger partial charge in [0.15, 0.2) is 0 Å². The molecule has 0 saturated heterocycles. The van der Waals surface area contributed by atoms with Crippen molar-refractivity contribution in [3.8, 4) is 0 Å². The Labute approximate surface area is 113 Å². The maximum Gasteiger partial charge on any atom is 0.339 e. The van der Waals surface area contributed by atoms with Gasteiger partial charge in [-0.25, -0.2) is 9.78 Å². The number of nitrogens with zero attached hydrogens (tertiary/aromatic N) is 1. The molecule has 1 aromatic heterocycles. The third-order valence-electron chi connectivity index (χ3n) is 3.58. The number of methoxy groups -OCH3 is 1. The van der Waals surface area contributed by atoms with Crippen molar-refractivity contribution in [1.29, 1.82) is 0 Å². The van der Waals surface area contributed by atoms with Crippen LogP contribution in [-0.2, 0) is 4.74 Å². The highest BCUT2D eigenvalue weighted by molar-refractivity contribution is 5.90. The standard InChI is InChI=1S/C14H20N2O3/c1-9-12(14(18)19-2)5-6-13(16-9)15-8-10-3-4-11(17)7-10/h5-6,10-11,17H,3-4,7-8H2,1-2H3,(H,15,16). The minimum Gasteiger partial charge on any atom is -0.465 e. The quantitative estimate of drug-likeness (QED) is 0.811. The fourth-order valence-electron chi connectivity index (χ4n) is 2.47. The van der Waals surface area contributed by atoms with Gasteiger partial charge in [0, 0.05) is 6.54 Å². The van der Waals surface area contributed by atoms with Crippen LogP contribution in [0.15, 0.2) is 12.1 Å². The highest BCUT2D eigenvalue weighted by Gasteiger charge is 2.22. The molecule has 0 aliphatic heterocycles. The average Bonchev–Trinajstić information content (AvgIpc) is 2.81. The lowest BCUT2D eigenvalue weighted by Gasteiger charge is -2.12. The topological polar surface area (TPSA) is 71.5 Å². The van der Waals surface area contributed by atoms with Crippen LogP contribution < -0.4 is 5.32 Å². The summed E-state index contributed by atoms with van der Waals surface area (Å²) in [4.78, 5) is 15.8. The highest BCUT2D eigenvalue weighted by atomic mass is 16.5. The lowest BCUT2D eigenvalue weighted by Crippen LogP contribution is -2.14. The van der Waals surface area contributed by atoms with Gasteiger partial charge in [0.05, 0.1) is 24.5 Å². The smallest absolute Gasteiger partial charge is 0.339 e. The van der Waals surface area contributed by atoms with E-state index in [2.05, 4.69) is 15.0 Å². The minimum absolute atomic E-state index is 0.150. The van der Waals surface area contributed by atoms with E-state index in [1.54, 1.807) is 19.1 Å². The van der Waals surface area contributed by atoms with E-state index in [1.165, 1.54) is 7.11 Å². The first-order valence-electron chi connectivity index (χ1n) is 6.58. The molecule has 19 heavy (non-hydrogen) atoms. The summed E-state index contributed by atoms with van der Waals surface area (Å²) in [7, 11) is 1.36. The van der Waals surface area contributed by atoms with E-state index in [9.17, 15) is 9.90 Å².